The maximum atomic E-state index is 14.5. The zero-order valence-corrected chi connectivity index (χ0v) is 19.3. The minimum Gasteiger partial charge on any atom is -0.394 e. The SMILES string of the molecule is C=C(C)N1C=C(c2cc(C(=O)N3CC(OCCO)C3)cc3c2-c2ccccc2C3(O)C(F)F)CN1. The maximum absolute atomic E-state index is 14.5. The van der Waals surface area contributed by atoms with Crippen LogP contribution in [0, 0.1) is 0 Å². The number of likely N-dealkylation sites (tertiary alicyclic amines) is 1. The van der Waals surface area contributed by atoms with Crippen molar-refractivity contribution in [2.24, 2.45) is 0 Å². The molecular formula is C26H27F2N3O4. The van der Waals surface area contributed by atoms with E-state index in [1.807, 2.05) is 13.1 Å². The van der Waals surface area contributed by atoms with Crippen LogP contribution >= 0.6 is 0 Å². The van der Waals surface area contributed by atoms with Crippen LogP contribution in [-0.4, -0.2) is 71.4 Å². The highest BCUT2D eigenvalue weighted by molar-refractivity contribution is 6.00. The van der Waals surface area contributed by atoms with Crippen LogP contribution in [0.3, 0.4) is 0 Å². The van der Waals surface area contributed by atoms with E-state index in [9.17, 15) is 18.7 Å². The first-order chi connectivity index (χ1) is 16.8. The smallest absolute Gasteiger partial charge is 0.275 e. The number of allylic oxidation sites excluding steroid dienone is 1. The monoisotopic (exact) mass is 483 g/mol. The lowest BCUT2D eigenvalue weighted by Gasteiger charge is -2.39. The number of rotatable bonds is 7. The Morgan fingerprint density at radius 1 is 1.26 bits per heavy atom. The normalized spacial score (nSPS) is 21.1. The summed E-state index contributed by atoms with van der Waals surface area (Å²) in [5.74, 6) is -0.325. The van der Waals surface area contributed by atoms with Crippen LogP contribution in [0.25, 0.3) is 16.7 Å². The molecule has 3 N–H and O–H groups in total. The number of amides is 1. The highest BCUT2D eigenvalue weighted by Gasteiger charge is 2.50. The van der Waals surface area contributed by atoms with Crippen molar-refractivity contribution >= 4 is 11.5 Å². The fourth-order valence-electron chi connectivity index (χ4n) is 4.96. The van der Waals surface area contributed by atoms with Gasteiger partial charge in [-0.3, -0.25) is 9.80 Å². The van der Waals surface area contributed by atoms with Crippen LogP contribution in [0.2, 0.25) is 0 Å². The molecule has 3 aliphatic rings. The number of hydrogen-bond donors (Lipinski definition) is 3. The molecule has 1 aliphatic carbocycles. The second-order valence-electron chi connectivity index (χ2n) is 9.08. The van der Waals surface area contributed by atoms with Crippen LogP contribution in [0.5, 0.6) is 0 Å². The average molecular weight is 484 g/mol. The zero-order valence-electron chi connectivity index (χ0n) is 19.3. The van der Waals surface area contributed by atoms with Gasteiger partial charge in [-0.1, -0.05) is 30.8 Å². The van der Waals surface area contributed by atoms with E-state index in [-0.39, 0.29) is 41.9 Å². The van der Waals surface area contributed by atoms with Crippen molar-refractivity contribution in [3.05, 3.63) is 77.1 Å². The minimum atomic E-state index is -3.09. The predicted molar refractivity (Wildman–Crippen MR) is 126 cm³/mol. The van der Waals surface area contributed by atoms with Crippen LogP contribution < -0.4 is 5.43 Å². The molecule has 0 bridgehead atoms. The number of benzene rings is 2. The van der Waals surface area contributed by atoms with Gasteiger partial charge in [0.15, 0.2) is 5.60 Å². The molecule has 1 fully saturated rings. The molecular weight excluding hydrogens is 456 g/mol. The number of ether oxygens (including phenoxy) is 1. The third-order valence-electron chi connectivity index (χ3n) is 6.78. The predicted octanol–water partition coefficient (Wildman–Crippen LogP) is 2.70. The minimum absolute atomic E-state index is 0.0258. The molecule has 35 heavy (non-hydrogen) atoms. The summed E-state index contributed by atoms with van der Waals surface area (Å²) in [5.41, 5.74) is 4.21. The molecule has 2 aromatic rings. The number of nitrogens with one attached hydrogen (secondary N) is 1. The van der Waals surface area contributed by atoms with E-state index in [1.165, 1.54) is 12.1 Å². The van der Waals surface area contributed by atoms with Gasteiger partial charge in [0, 0.05) is 48.2 Å². The fourth-order valence-corrected chi connectivity index (χ4v) is 4.96. The molecule has 1 atom stereocenters. The largest absolute Gasteiger partial charge is 0.394 e. The van der Waals surface area contributed by atoms with Gasteiger partial charge in [0.05, 0.1) is 19.3 Å². The summed E-state index contributed by atoms with van der Waals surface area (Å²) in [4.78, 5) is 14.9. The number of alkyl halides is 2. The summed E-state index contributed by atoms with van der Waals surface area (Å²) < 4.78 is 34.4. The number of aliphatic hydroxyl groups excluding tert-OH is 1. The second kappa shape index (κ2) is 8.83. The molecule has 2 aromatic carbocycles. The molecule has 2 heterocycles. The van der Waals surface area contributed by atoms with E-state index in [0.717, 1.165) is 11.3 Å². The average Bonchev–Trinajstić information content (AvgIpc) is 3.41. The second-order valence-corrected chi connectivity index (χ2v) is 9.08. The van der Waals surface area contributed by atoms with Gasteiger partial charge in [0.25, 0.3) is 12.3 Å². The molecule has 1 unspecified atom stereocenters. The van der Waals surface area contributed by atoms with E-state index in [1.54, 1.807) is 34.2 Å². The van der Waals surface area contributed by atoms with E-state index in [0.29, 0.717) is 36.3 Å². The van der Waals surface area contributed by atoms with Crippen molar-refractivity contribution < 1.29 is 28.5 Å². The number of hydrazine groups is 1. The Balaban J connectivity index is 1.62. The summed E-state index contributed by atoms with van der Waals surface area (Å²) in [6.07, 6.45) is -1.43. The van der Waals surface area contributed by atoms with Crippen LogP contribution in [0.1, 0.15) is 34.0 Å². The third-order valence-corrected chi connectivity index (χ3v) is 6.78. The first-order valence-corrected chi connectivity index (χ1v) is 11.5. The van der Waals surface area contributed by atoms with Crippen LogP contribution in [0.15, 0.2) is 54.9 Å². The molecule has 1 amide bonds. The Morgan fingerprint density at radius 3 is 2.66 bits per heavy atom. The van der Waals surface area contributed by atoms with Crippen molar-refractivity contribution in [3.63, 3.8) is 0 Å². The molecule has 1 saturated heterocycles. The Bertz CT molecular complexity index is 1230. The van der Waals surface area contributed by atoms with Gasteiger partial charge in [-0.05, 0) is 41.3 Å². The molecule has 5 rings (SSSR count). The van der Waals surface area contributed by atoms with Gasteiger partial charge in [-0.15, -0.1) is 0 Å². The molecule has 9 heteroatoms. The Morgan fingerprint density at radius 2 is 2.00 bits per heavy atom. The molecule has 0 saturated carbocycles. The summed E-state index contributed by atoms with van der Waals surface area (Å²) in [5, 5.41) is 22.0. The lowest BCUT2D eigenvalue weighted by molar-refractivity contribution is -0.0689. The molecule has 2 aliphatic heterocycles. The Kier molecular flexibility index (Phi) is 5.96. The van der Waals surface area contributed by atoms with Gasteiger partial charge in [0.1, 0.15) is 0 Å². The fraction of sp³-hybridized carbons (Fsp3) is 0.346. The number of halogens is 2. The van der Waals surface area contributed by atoms with Crippen molar-refractivity contribution in [1.82, 2.24) is 15.3 Å². The number of carbonyl (C=O) groups excluding carboxylic acids is 1. The first kappa shape index (κ1) is 23.6. The van der Waals surface area contributed by atoms with E-state index < -0.39 is 12.0 Å². The number of carbonyl (C=O) groups is 1. The number of fused-ring (bicyclic) bond motifs is 3. The van der Waals surface area contributed by atoms with E-state index >= 15 is 0 Å². The summed E-state index contributed by atoms with van der Waals surface area (Å²) >= 11 is 0. The lowest BCUT2D eigenvalue weighted by Crippen LogP contribution is -2.55. The Hall–Kier alpha value is -3.11. The van der Waals surface area contributed by atoms with Gasteiger partial charge >= 0.3 is 0 Å². The van der Waals surface area contributed by atoms with E-state index in [2.05, 4.69) is 12.0 Å². The molecule has 0 spiro atoms. The van der Waals surface area contributed by atoms with Gasteiger partial charge in [-0.25, -0.2) is 14.2 Å². The van der Waals surface area contributed by atoms with Crippen molar-refractivity contribution in [2.75, 3.05) is 32.8 Å². The maximum Gasteiger partial charge on any atom is 0.275 e. The topological polar surface area (TPSA) is 85.3 Å². The number of aliphatic hydroxyl groups is 2. The molecule has 0 radical (unpaired) electrons. The van der Waals surface area contributed by atoms with Gasteiger partial charge < -0.3 is 19.8 Å². The number of nitrogens with zero attached hydrogens (tertiary/aromatic N) is 2. The van der Waals surface area contributed by atoms with E-state index in [4.69, 9.17) is 9.84 Å². The summed E-state index contributed by atoms with van der Waals surface area (Å²) in [6.45, 7) is 6.95. The Labute approximate surface area is 201 Å². The lowest BCUT2D eigenvalue weighted by atomic mass is 9.87. The van der Waals surface area contributed by atoms with Crippen molar-refractivity contribution in [3.8, 4) is 11.1 Å². The van der Waals surface area contributed by atoms with Gasteiger partial charge in [-0.2, -0.15) is 0 Å². The van der Waals surface area contributed by atoms with Crippen LogP contribution in [0.4, 0.5) is 8.78 Å². The standard InChI is InChI=1S/C26H27F2N3O4/c1-15(2)31-12-17(11-29-31)20-9-16(24(33)30-13-18(14-30)35-8-7-32)10-22-23(20)19-5-3-4-6-21(19)26(22,34)25(27)28/h3-6,9-10,12,18,25,29,32,34H,1,7-8,11,13-14H2,2H3. The summed E-state index contributed by atoms with van der Waals surface area (Å²) in [7, 11) is 0. The van der Waals surface area contributed by atoms with Crippen molar-refractivity contribution in [2.45, 2.75) is 25.1 Å². The molecule has 0 aromatic heterocycles. The van der Waals surface area contributed by atoms with Crippen molar-refractivity contribution in [1.29, 1.82) is 0 Å². The highest BCUT2D eigenvalue weighted by atomic mass is 19.3. The zero-order chi connectivity index (χ0) is 24.9. The van der Waals surface area contributed by atoms with Crippen LogP contribution in [-0.2, 0) is 10.3 Å². The first-order valence-electron chi connectivity index (χ1n) is 11.5. The van der Waals surface area contributed by atoms with Gasteiger partial charge in [0.2, 0.25) is 0 Å². The quantitative estimate of drug-likeness (QED) is 0.562. The highest BCUT2D eigenvalue weighted by Crippen LogP contribution is 2.53. The summed E-state index contributed by atoms with van der Waals surface area (Å²) in [6, 6.07) is 9.71. The third kappa shape index (κ3) is 3.75. The molecule has 184 valence electrons. The number of hydrogen-bond acceptors (Lipinski definition) is 6. The molecule has 7 nitrogen and oxygen atoms in total.